The molecule has 0 spiro atoms. The van der Waals surface area contributed by atoms with E-state index in [4.69, 9.17) is 0 Å². The number of benzene rings is 1. The monoisotopic (exact) mass is 311 g/mol. The Morgan fingerprint density at radius 3 is 2.41 bits per heavy atom. The highest BCUT2D eigenvalue weighted by molar-refractivity contribution is 5.76. The van der Waals surface area contributed by atoms with Crippen molar-refractivity contribution in [1.82, 2.24) is 14.7 Å². The largest absolute Gasteiger partial charge is 0.419 e. The van der Waals surface area contributed by atoms with Crippen LogP contribution in [0.25, 0.3) is 0 Å². The Kier molecular flexibility index (Phi) is 4.54. The molecule has 7 heteroatoms. The Balaban J connectivity index is 2.15. The number of halogens is 3. The van der Waals surface area contributed by atoms with Crippen LogP contribution in [0, 0.1) is 6.92 Å². The average molecular weight is 311 g/mol. The van der Waals surface area contributed by atoms with Crippen molar-refractivity contribution in [3.63, 3.8) is 0 Å². The second kappa shape index (κ2) is 6.21. The molecule has 0 bridgehead atoms. The Bertz CT molecular complexity index is 647. The number of nitrogens with zero attached hydrogens (tertiary/aromatic N) is 3. The van der Waals surface area contributed by atoms with Gasteiger partial charge >= 0.3 is 12.2 Å². The molecule has 118 valence electrons. The average Bonchev–Trinajstić information content (AvgIpc) is 2.96. The lowest BCUT2D eigenvalue weighted by Gasteiger charge is -2.20. The molecule has 2 aromatic rings. The number of aryl methyl sites for hydroxylation is 1. The smallest absolute Gasteiger partial charge is 0.319 e. The van der Waals surface area contributed by atoms with Crippen LogP contribution in [-0.2, 0) is 12.7 Å². The van der Waals surface area contributed by atoms with Crippen molar-refractivity contribution >= 4 is 6.03 Å². The predicted octanol–water partition coefficient (Wildman–Crippen LogP) is 3.70. The molecule has 2 rings (SSSR count). The minimum atomic E-state index is -4.51. The maximum atomic E-state index is 12.6. The number of amides is 1. The molecule has 0 aliphatic heterocycles. The number of carbonyl (C=O) groups excluding carboxylic acids is 1. The zero-order valence-electron chi connectivity index (χ0n) is 12.3. The van der Waals surface area contributed by atoms with Gasteiger partial charge in [0.1, 0.15) is 0 Å². The van der Waals surface area contributed by atoms with E-state index < -0.39 is 17.8 Å². The van der Waals surface area contributed by atoms with Crippen molar-refractivity contribution in [3.05, 3.63) is 53.3 Å². The summed E-state index contributed by atoms with van der Waals surface area (Å²) in [4.78, 5) is 13.7. The first kappa shape index (κ1) is 16.1. The molecule has 4 nitrogen and oxygen atoms in total. The zero-order chi connectivity index (χ0) is 16.3. The highest BCUT2D eigenvalue weighted by atomic mass is 19.4. The van der Waals surface area contributed by atoms with Gasteiger partial charge in [-0.1, -0.05) is 29.8 Å². The van der Waals surface area contributed by atoms with Crippen LogP contribution >= 0.6 is 0 Å². The minimum absolute atomic E-state index is 0.316. The molecule has 22 heavy (non-hydrogen) atoms. The minimum Gasteiger partial charge on any atom is -0.319 e. The summed E-state index contributed by atoms with van der Waals surface area (Å²) in [7, 11) is 0. The third-order valence-electron chi connectivity index (χ3n) is 3.25. The van der Waals surface area contributed by atoms with Crippen molar-refractivity contribution in [2.24, 2.45) is 0 Å². The van der Waals surface area contributed by atoms with Crippen molar-refractivity contribution in [2.45, 2.75) is 26.6 Å². The summed E-state index contributed by atoms with van der Waals surface area (Å²) in [6.45, 7) is 4.40. The second-order valence-corrected chi connectivity index (χ2v) is 4.95. The van der Waals surface area contributed by atoms with Gasteiger partial charge < -0.3 is 4.90 Å². The number of hydrogen-bond acceptors (Lipinski definition) is 2. The van der Waals surface area contributed by atoms with Gasteiger partial charge in [0.15, 0.2) is 0 Å². The van der Waals surface area contributed by atoms with Crippen molar-refractivity contribution in [2.75, 3.05) is 6.54 Å². The van der Waals surface area contributed by atoms with Gasteiger partial charge in [-0.3, -0.25) is 0 Å². The molecule has 1 aromatic carbocycles. The van der Waals surface area contributed by atoms with E-state index >= 15 is 0 Å². The number of carbonyl (C=O) groups is 1. The SMILES string of the molecule is CCN(Cc1ccc(C)cc1)C(=O)n1cc(C(F)(F)F)cn1. The molecular formula is C15H16F3N3O. The molecule has 0 aliphatic rings. The van der Waals surface area contributed by atoms with E-state index in [1.54, 1.807) is 6.92 Å². The first-order valence-corrected chi connectivity index (χ1v) is 6.78. The summed E-state index contributed by atoms with van der Waals surface area (Å²) in [6.07, 6.45) is -3.15. The second-order valence-electron chi connectivity index (χ2n) is 4.95. The Morgan fingerprint density at radius 2 is 1.91 bits per heavy atom. The van der Waals surface area contributed by atoms with Crippen LogP contribution in [0.4, 0.5) is 18.0 Å². The van der Waals surface area contributed by atoms with E-state index in [0.29, 0.717) is 25.5 Å². The van der Waals surface area contributed by atoms with Crippen LogP contribution in [0.5, 0.6) is 0 Å². The summed E-state index contributed by atoms with van der Waals surface area (Å²) < 4.78 is 38.4. The van der Waals surface area contributed by atoms with Crippen LogP contribution in [-0.4, -0.2) is 27.3 Å². The summed E-state index contributed by atoms with van der Waals surface area (Å²) in [6, 6.07) is 7.02. The van der Waals surface area contributed by atoms with E-state index in [2.05, 4.69) is 5.10 Å². The number of hydrogen-bond donors (Lipinski definition) is 0. The summed E-state index contributed by atoms with van der Waals surface area (Å²) >= 11 is 0. The fourth-order valence-corrected chi connectivity index (χ4v) is 1.95. The molecule has 0 aliphatic carbocycles. The lowest BCUT2D eigenvalue weighted by molar-refractivity contribution is -0.137. The van der Waals surface area contributed by atoms with Gasteiger partial charge in [-0.25, -0.2) is 4.79 Å². The molecule has 0 radical (unpaired) electrons. The summed E-state index contributed by atoms with van der Waals surface area (Å²) in [5.74, 6) is 0. The maximum Gasteiger partial charge on any atom is 0.419 e. The van der Waals surface area contributed by atoms with Crippen LogP contribution in [0.1, 0.15) is 23.6 Å². The molecule has 1 heterocycles. The van der Waals surface area contributed by atoms with Gasteiger partial charge in [0.25, 0.3) is 0 Å². The zero-order valence-corrected chi connectivity index (χ0v) is 12.3. The molecule has 0 fully saturated rings. The molecule has 1 amide bonds. The van der Waals surface area contributed by atoms with Crippen molar-refractivity contribution in [1.29, 1.82) is 0 Å². The topological polar surface area (TPSA) is 38.1 Å². The van der Waals surface area contributed by atoms with Crippen LogP contribution < -0.4 is 0 Å². The summed E-state index contributed by atoms with van der Waals surface area (Å²) in [5, 5.41) is 3.51. The molecule has 0 N–H and O–H groups in total. The molecular weight excluding hydrogens is 295 g/mol. The Morgan fingerprint density at radius 1 is 1.27 bits per heavy atom. The third kappa shape index (κ3) is 3.66. The first-order chi connectivity index (χ1) is 10.3. The molecule has 0 unspecified atom stereocenters. The third-order valence-corrected chi connectivity index (χ3v) is 3.25. The Labute approximate surface area is 126 Å². The lowest BCUT2D eigenvalue weighted by Crippen LogP contribution is -2.34. The molecule has 0 atom stereocenters. The standard InChI is InChI=1S/C15H16F3N3O/c1-3-20(9-12-6-4-11(2)5-7-12)14(22)21-10-13(8-19-21)15(16,17)18/h4-8,10H,3,9H2,1-2H3. The summed E-state index contributed by atoms with van der Waals surface area (Å²) in [5.41, 5.74) is 1.07. The van der Waals surface area contributed by atoms with Gasteiger partial charge in [0.2, 0.25) is 0 Å². The van der Waals surface area contributed by atoms with Gasteiger partial charge in [0.05, 0.1) is 11.8 Å². The van der Waals surface area contributed by atoms with Crippen molar-refractivity contribution < 1.29 is 18.0 Å². The van der Waals surface area contributed by atoms with E-state index in [-0.39, 0.29) is 0 Å². The van der Waals surface area contributed by atoms with E-state index in [1.807, 2.05) is 31.2 Å². The quantitative estimate of drug-likeness (QED) is 0.867. The number of rotatable bonds is 3. The van der Waals surface area contributed by atoms with Gasteiger partial charge in [0, 0.05) is 19.3 Å². The van der Waals surface area contributed by atoms with Crippen LogP contribution in [0.3, 0.4) is 0 Å². The highest BCUT2D eigenvalue weighted by Crippen LogP contribution is 2.28. The molecule has 0 saturated heterocycles. The fraction of sp³-hybridized carbons (Fsp3) is 0.333. The number of aromatic nitrogens is 2. The molecule has 1 aromatic heterocycles. The van der Waals surface area contributed by atoms with Gasteiger partial charge in [-0.15, -0.1) is 0 Å². The van der Waals surface area contributed by atoms with Crippen molar-refractivity contribution in [3.8, 4) is 0 Å². The molecule has 0 saturated carbocycles. The van der Waals surface area contributed by atoms with Gasteiger partial charge in [-0.05, 0) is 19.4 Å². The number of alkyl halides is 3. The van der Waals surface area contributed by atoms with E-state index in [9.17, 15) is 18.0 Å². The fourth-order valence-electron chi connectivity index (χ4n) is 1.95. The maximum absolute atomic E-state index is 12.6. The lowest BCUT2D eigenvalue weighted by atomic mass is 10.1. The van der Waals surface area contributed by atoms with Crippen LogP contribution in [0.15, 0.2) is 36.7 Å². The Hall–Kier alpha value is -2.31. The first-order valence-electron chi connectivity index (χ1n) is 6.78. The highest BCUT2D eigenvalue weighted by Gasteiger charge is 2.33. The van der Waals surface area contributed by atoms with E-state index in [0.717, 1.165) is 15.8 Å². The van der Waals surface area contributed by atoms with Crippen LogP contribution in [0.2, 0.25) is 0 Å². The predicted molar refractivity (Wildman–Crippen MR) is 75.3 cm³/mol. The van der Waals surface area contributed by atoms with Gasteiger partial charge in [-0.2, -0.15) is 23.0 Å². The van der Waals surface area contributed by atoms with E-state index in [1.165, 1.54) is 4.90 Å². The normalized spacial score (nSPS) is 11.5.